The van der Waals surface area contributed by atoms with Crippen LogP contribution in [0.15, 0.2) is 47.6 Å². The average molecular weight is 429 g/mol. The van der Waals surface area contributed by atoms with Gasteiger partial charge in [0.25, 0.3) is 0 Å². The van der Waals surface area contributed by atoms with Gasteiger partial charge in [-0.05, 0) is 57.3 Å². The topological polar surface area (TPSA) is 65.0 Å². The van der Waals surface area contributed by atoms with Gasteiger partial charge in [0.15, 0.2) is 17.6 Å². The number of pyridine rings is 1. The third-order valence-electron chi connectivity index (χ3n) is 5.46. The van der Waals surface area contributed by atoms with Crippen molar-refractivity contribution >= 4 is 11.8 Å². The lowest BCUT2D eigenvalue weighted by Gasteiger charge is -2.24. The fourth-order valence-electron chi connectivity index (χ4n) is 3.76. The molecule has 0 radical (unpaired) electrons. The molecule has 2 N–H and O–H groups in total. The minimum absolute atomic E-state index is 0.143. The van der Waals surface area contributed by atoms with Gasteiger partial charge in [0.05, 0.1) is 19.7 Å². The summed E-state index contributed by atoms with van der Waals surface area (Å²) in [6.07, 6.45) is 2.53. The summed E-state index contributed by atoms with van der Waals surface area (Å²) in [6.45, 7) is 4.88. The van der Waals surface area contributed by atoms with Gasteiger partial charge in [0.1, 0.15) is 5.75 Å². The predicted molar refractivity (Wildman–Crippen MR) is 123 cm³/mol. The molecule has 1 aromatic heterocycles. The van der Waals surface area contributed by atoms with Crippen molar-refractivity contribution < 1.29 is 9.13 Å². The van der Waals surface area contributed by atoms with Crippen molar-refractivity contribution in [2.45, 2.75) is 25.4 Å². The lowest BCUT2D eigenvalue weighted by atomic mass is 10.1. The van der Waals surface area contributed by atoms with Gasteiger partial charge in [-0.2, -0.15) is 0 Å². The Hall–Kier alpha value is -2.87. The van der Waals surface area contributed by atoms with Gasteiger partial charge in [-0.15, -0.1) is 0 Å². The second kappa shape index (κ2) is 10.9. The van der Waals surface area contributed by atoms with Gasteiger partial charge in [-0.1, -0.05) is 12.1 Å². The molecule has 2 atom stereocenters. The van der Waals surface area contributed by atoms with Gasteiger partial charge < -0.3 is 25.2 Å². The standard InChI is InChI=1S/C23H33FN6O/c1-5-25-23(27-15-21(29(2)3)17-8-10-19(31-4)11-9-17)28-18-12-14-30(16-18)22-20(24)7-6-13-26-22/h6-11,13,18,21H,5,12,14-16H2,1-4H3,(H2,25,27,28). The van der Waals surface area contributed by atoms with Crippen molar-refractivity contribution in [1.82, 2.24) is 20.5 Å². The molecule has 168 valence electrons. The van der Waals surface area contributed by atoms with E-state index < -0.39 is 0 Å². The van der Waals surface area contributed by atoms with E-state index in [0.717, 1.165) is 31.2 Å². The Balaban J connectivity index is 1.65. The zero-order chi connectivity index (χ0) is 22.2. The molecule has 1 saturated heterocycles. The van der Waals surface area contributed by atoms with E-state index in [1.54, 1.807) is 19.4 Å². The molecule has 7 nitrogen and oxygen atoms in total. The summed E-state index contributed by atoms with van der Waals surface area (Å²) in [5.74, 6) is 1.75. The smallest absolute Gasteiger partial charge is 0.191 e. The number of halogens is 1. The first-order valence-corrected chi connectivity index (χ1v) is 10.7. The van der Waals surface area contributed by atoms with Crippen molar-refractivity contribution in [1.29, 1.82) is 0 Å². The molecule has 1 fully saturated rings. The number of guanidine groups is 1. The molecule has 1 aliphatic rings. The maximum absolute atomic E-state index is 14.1. The Morgan fingerprint density at radius 1 is 1.32 bits per heavy atom. The first kappa shape index (κ1) is 22.8. The summed E-state index contributed by atoms with van der Waals surface area (Å²) in [5, 5.41) is 6.84. The van der Waals surface area contributed by atoms with Crippen LogP contribution in [0, 0.1) is 5.82 Å². The van der Waals surface area contributed by atoms with Crippen LogP contribution in [0.3, 0.4) is 0 Å². The molecule has 2 heterocycles. The van der Waals surface area contributed by atoms with E-state index in [9.17, 15) is 4.39 Å². The summed E-state index contributed by atoms with van der Waals surface area (Å²) >= 11 is 0. The predicted octanol–water partition coefficient (Wildman–Crippen LogP) is 2.67. The molecule has 0 spiro atoms. The minimum atomic E-state index is -0.281. The van der Waals surface area contributed by atoms with Crippen LogP contribution in [0.25, 0.3) is 0 Å². The maximum Gasteiger partial charge on any atom is 0.191 e. The summed E-state index contributed by atoms with van der Waals surface area (Å²) in [5.41, 5.74) is 1.18. The van der Waals surface area contributed by atoms with E-state index in [-0.39, 0.29) is 17.9 Å². The SMILES string of the molecule is CCNC(=NCC(c1ccc(OC)cc1)N(C)C)NC1CCN(c2ncccc2F)C1. The molecular formula is C23H33FN6O. The highest BCUT2D eigenvalue weighted by atomic mass is 19.1. The lowest BCUT2D eigenvalue weighted by Crippen LogP contribution is -2.45. The molecule has 31 heavy (non-hydrogen) atoms. The summed E-state index contributed by atoms with van der Waals surface area (Å²) in [6, 6.07) is 11.5. The van der Waals surface area contributed by atoms with E-state index >= 15 is 0 Å². The second-order valence-corrected chi connectivity index (χ2v) is 7.86. The van der Waals surface area contributed by atoms with Crippen molar-refractivity contribution in [3.05, 3.63) is 54.0 Å². The molecule has 8 heteroatoms. The molecule has 1 aromatic carbocycles. The Morgan fingerprint density at radius 3 is 2.74 bits per heavy atom. The quantitative estimate of drug-likeness (QED) is 0.498. The first-order valence-electron chi connectivity index (χ1n) is 10.7. The maximum atomic E-state index is 14.1. The van der Waals surface area contributed by atoms with E-state index in [4.69, 9.17) is 9.73 Å². The van der Waals surface area contributed by atoms with Crippen LogP contribution in [0.4, 0.5) is 10.2 Å². The lowest BCUT2D eigenvalue weighted by molar-refractivity contribution is 0.306. The van der Waals surface area contributed by atoms with Crippen LogP contribution in [0.2, 0.25) is 0 Å². The van der Waals surface area contributed by atoms with Gasteiger partial charge in [-0.25, -0.2) is 9.37 Å². The summed E-state index contributed by atoms with van der Waals surface area (Å²) < 4.78 is 19.3. The Bertz CT molecular complexity index is 857. The number of nitrogens with one attached hydrogen (secondary N) is 2. The van der Waals surface area contributed by atoms with Gasteiger partial charge in [0, 0.05) is 31.9 Å². The minimum Gasteiger partial charge on any atom is -0.497 e. The Kier molecular flexibility index (Phi) is 8.06. The summed E-state index contributed by atoms with van der Waals surface area (Å²) in [7, 11) is 5.78. The highest BCUT2D eigenvalue weighted by Crippen LogP contribution is 2.22. The van der Waals surface area contributed by atoms with Crippen LogP contribution >= 0.6 is 0 Å². The fourth-order valence-corrected chi connectivity index (χ4v) is 3.76. The van der Waals surface area contributed by atoms with Crippen LogP contribution in [0.5, 0.6) is 5.75 Å². The van der Waals surface area contributed by atoms with Gasteiger partial charge in [-0.3, -0.25) is 4.99 Å². The summed E-state index contributed by atoms with van der Waals surface area (Å²) in [4.78, 5) is 13.2. The molecule has 3 rings (SSSR count). The number of aromatic nitrogens is 1. The molecule has 1 aliphatic heterocycles. The number of hydrogen-bond acceptors (Lipinski definition) is 5. The highest BCUT2D eigenvalue weighted by Gasteiger charge is 2.26. The average Bonchev–Trinajstić information content (AvgIpc) is 3.22. The number of likely N-dealkylation sites (N-methyl/N-ethyl adjacent to an activating group) is 1. The van der Waals surface area contributed by atoms with E-state index in [0.29, 0.717) is 18.9 Å². The fraction of sp³-hybridized carbons (Fsp3) is 0.478. The first-order chi connectivity index (χ1) is 15.0. The monoisotopic (exact) mass is 428 g/mol. The molecule has 0 saturated carbocycles. The number of rotatable bonds is 8. The molecule has 0 bridgehead atoms. The van der Waals surface area contributed by atoms with Gasteiger partial charge >= 0.3 is 0 Å². The van der Waals surface area contributed by atoms with Crippen molar-refractivity contribution in [3.63, 3.8) is 0 Å². The molecule has 0 aliphatic carbocycles. The third-order valence-corrected chi connectivity index (χ3v) is 5.46. The van der Waals surface area contributed by atoms with Crippen LogP contribution in [-0.2, 0) is 0 Å². The number of benzene rings is 1. The number of anilines is 1. The zero-order valence-corrected chi connectivity index (χ0v) is 18.8. The number of hydrogen-bond donors (Lipinski definition) is 2. The molecule has 2 aromatic rings. The van der Waals surface area contributed by atoms with Crippen molar-refractivity contribution in [2.75, 3.05) is 52.3 Å². The van der Waals surface area contributed by atoms with Crippen molar-refractivity contribution in [2.24, 2.45) is 4.99 Å². The number of nitrogens with zero attached hydrogens (tertiary/aromatic N) is 4. The highest BCUT2D eigenvalue weighted by molar-refractivity contribution is 5.80. The molecule has 0 amide bonds. The Labute approximate surface area is 184 Å². The van der Waals surface area contributed by atoms with Crippen molar-refractivity contribution in [3.8, 4) is 5.75 Å². The largest absolute Gasteiger partial charge is 0.497 e. The molecular weight excluding hydrogens is 395 g/mol. The van der Waals surface area contributed by atoms with E-state index in [2.05, 4.69) is 46.7 Å². The van der Waals surface area contributed by atoms with Gasteiger partial charge in [0.2, 0.25) is 0 Å². The molecule has 2 unspecified atom stereocenters. The zero-order valence-electron chi connectivity index (χ0n) is 18.8. The van der Waals surface area contributed by atoms with E-state index in [1.807, 2.05) is 24.0 Å². The van der Waals surface area contributed by atoms with Crippen LogP contribution in [0.1, 0.15) is 24.9 Å². The van der Waals surface area contributed by atoms with E-state index in [1.165, 1.54) is 11.6 Å². The van der Waals surface area contributed by atoms with Crippen LogP contribution in [-0.4, -0.2) is 69.3 Å². The van der Waals surface area contributed by atoms with Crippen LogP contribution < -0.4 is 20.3 Å². The normalized spacial score (nSPS) is 17.7. The second-order valence-electron chi connectivity index (χ2n) is 7.86. The number of ether oxygens (including phenoxy) is 1. The number of aliphatic imine (C=N–C) groups is 1. The number of methoxy groups -OCH3 is 1. The Morgan fingerprint density at radius 2 is 2.10 bits per heavy atom. The third kappa shape index (κ3) is 6.07.